The predicted molar refractivity (Wildman–Crippen MR) is 115 cm³/mol. The van der Waals surface area contributed by atoms with Gasteiger partial charge in [-0.05, 0) is 104 Å². The van der Waals surface area contributed by atoms with E-state index < -0.39 is 0 Å². The Balaban J connectivity index is 1.24. The van der Waals surface area contributed by atoms with E-state index >= 15 is 0 Å². The van der Waals surface area contributed by atoms with E-state index in [9.17, 15) is 14.0 Å². The molecule has 2 aromatic rings. The molecule has 2 unspecified atom stereocenters. The Morgan fingerprint density at radius 3 is 2.07 bits per heavy atom. The topological polar surface area (TPSA) is 43.4 Å². The molecule has 4 saturated carbocycles. The minimum Gasteiger partial charge on any atom is -0.427 e. The van der Waals surface area contributed by atoms with Crippen LogP contribution in [0.2, 0.25) is 0 Å². The molecular formula is C25H24BrFO3. The van der Waals surface area contributed by atoms with Crippen molar-refractivity contribution in [1.82, 2.24) is 0 Å². The van der Waals surface area contributed by atoms with Gasteiger partial charge in [-0.25, -0.2) is 4.39 Å². The first kappa shape index (κ1) is 19.9. The Morgan fingerprint density at radius 2 is 1.50 bits per heavy atom. The van der Waals surface area contributed by atoms with Crippen LogP contribution in [0.3, 0.4) is 0 Å². The highest BCUT2D eigenvalue weighted by atomic mass is 79.9. The summed E-state index contributed by atoms with van der Waals surface area (Å²) in [5, 5.41) is 0. The number of hydrogen-bond donors (Lipinski definition) is 0. The van der Waals surface area contributed by atoms with Crippen molar-refractivity contribution in [2.75, 3.05) is 0 Å². The standard InChI is InChI=1S/C25H24BrFO3/c26-25-12-16-9-17(13-25)11-24(10-16,15-25)14-22(28)30-21-7-3-19(4-8-21)23(29)18-1-5-20(27)6-2-18/h1-8,16-17H,9-15H2/t16-,17+,24?,25?. The number of halogens is 2. The second-order valence-corrected chi connectivity index (χ2v) is 11.3. The number of rotatable bonds is 5. The molecule has 4 atom stereocenters. The van der Waals surface area contributed by atoms with Gasteiger partial charge in [0.15, 0.2) is 5.78 Å². The van der Waals surface area contributed by atoms with Gasteiger partial charge in [0, 0.05) is 15.5 Å². The van der Waals surface area contributed by atoms with Gasteiger partial charge in [-0.1, -0.05) is 15.9 Å². The van der Waals surface area contributed by atoms with Crippen molar-refractivity contribution in [2.24, 2.45) is 17.3 Å². The van der Waals surface area contributed by atoms with Crippen LogP contribution in [0.15, 0.2) is 48.5 Å². The van der Waals surface area contributed by atoms with Gasteiger partial charge in [-0.15, -0.1) is 0 Å². The molecule has 156 valence electrons. The molecule has 0 heterocycles. The van der Waals surface area contributed by atoms with Crippen LogP contribution in [-0.4, -0.2) is 16.1 Å². The lowest BCUT2D eigenvalue weighted by atomic mass is 9.49. The molecule has 0 radical (unpaired) electrons. The number of carbonyl (C=O) groups excluding carboxylic acids is 2. The molecule has 0 saturated heterocycles. The van der Waals surface area contributed by atoms with Crippen LogP contribution in [0.5, 0.6) is 5.75 Å². The fraction of sp³-hybridized carbons (Fsp3) is 0.440. The molecule has 5 heteroatoms. The maximum Gasteiger partial charge on any atom is 0.311 e. The monoisotopic (exact) mass is 470 g/mol. The van der Waals surface area contributed by atoms with E-state index in [0.29, 0.717) is 23.3 Å². The van der Waals surface area contributed by atoms with Gasteiger partial charge in [0.25, 0.3) is 0 Å². The lowest BCUT2D eigenvalue weighted by Crippen LogP contribution is -2.53. The molecule has 0 spiro atoms. The fourth-order valence-corrected chi connectivity index (χ4v) is 7.97. The second kappa shape index (κ2) is 7.30. The third-order valence-electron chi connectivity index (χ3n) is 7.08. The minimum atomic E-state index is -0.376. The highest BCUT2D eigenvalue weighted by Crippen LogP contribution is 2.65. The summed E-state index contributed by atoms with van der Waals surface area (Å²) in [4.78, 5) is 25.2. The quantitative estimate of drug-likeness (QED) is 0.230. The van der Waals surface area contributed by atoms with Crippen molar-refractivity contribution in [1.29, 1.82) is 0 Å². The summed E-state index contributed by atoms with van der Waals surface area (Å²) in [6.45, 7) is 0. The second-order valence-electron chi connectivity index (χ2n) is 9.62. The van der Waals surface area contributed by atoms with E-state index in [2.05, 4.69) is 15.9 Å². The number of esters is 1. The van der Waals surface area contributed by atoms with Gasteiger partial charge < -0.3 is 4.74 Å². The van der Waals surface area contributed by atoms with Gasteiger partial charge >= 0.3 is 5.97 Å². The number of hydrogen-bond acceptors (Lipinski definition) is 3. The molecule has 2 aromatic carbocycles. The van der Waals surface area contributed by atoms with Crippen LogP contribution in [-0.2, 0) is 4.79 Å². The maximum atomic E-state index is 13.1. The third kappa shape index (κ3) is 3.84. The van der Waals surface area contributed by atoms with Crippen LogP contribution in [0, 0.1) is 23.1 Å². The molecule has 4 aliphatic rings. The predicted octanol–water partition coefficient (Wildman–Crippen LogP) is 6.09. The summed E-state index contributed by atoms with van der Waals surface area (Å²) in [6.07, 6.45) is 7.59. The maximum absolute atomic E-state index is 13.1. The van der Waals surface area contributed by atoms with E-state index in [1.807, 2.05) is 0 Å². The van der Waals surface area contributed by atoms with E-state index in [4.69, 9.17) is 4.74 Å². The van der Waals surface area contributed by atoms with E-state index in [1.165, 1.54) is 43.5 Å². The third-order valence-corrected chi connectivity index (χ3v) is 8.01. The van der Waals surface area contributed by atoms with E-state index in [1.54, 1.807) is 24.3 Å². The summed E-state index contributed by atoms with van der Waals surface area (Å²) in [5.41, 5.74) is 0.971. The molecule has 0 aromatic heterocycles. The highest BCUT2D eigenvalue weighted by Gasteiger charge is 2.57. The Hall–Kier alpha value is -2.01. The molecular weight excluding hydrogens is 447 g/mol. The summed E-state index contributed by atoms with van der Waals surface area (Å²) in [5.74, 6) is 1.16. The lowest BCUT2D eigenvalue weighted by Gasteiger charge is -2.60. The van der Waals surface area contributed by atoms with Gasteiger partial charge in [0.05, 0.1) is 6.42 Å². The van der Waals surface area contributed by atoms with E-state index in [-0.39, 0.29) is 27.3 Å². The Morgan fingerprint density at radius 1 is 0.933 bits per heavy atom. The van der Waals surface area contributed by atoms with Crippen LogP contribution < -0.4 is 4.74 Å². The zero-order chi connectivity index (χ0) is 20.9. The fourth-order valence-electron chi connectivity index (χ4n) is 6.46. The van der Waals surface area contributed by atoms with Gasteiger partial charge in [-0.2, -0.15) is 0 Å². The number of benzene rings is 2. The van der Waals surface area contributed by atoms with Gasteiger partial charge in [0.2, 0.25) is 0 Å². The average molecular weight is 471 g/mol. The summed E-state index contributed by atoms with van der Waals surface area (Å²) >= 11 is 3.99. The summed E-state index contributed by atoms with van der Waals surface area (Å²) < 4.78 is 18.9. The van der Waals surface area contributed by atoms with Crippen molar-refractivity contribution in [2.45, 2.75) is 49.3 Å². The smallest absolute Gasteiger partial charge is 0.311 e. The van der Waals surface area contributed by atoms with Crippen molar-refractivity contribution in [3.05, 3.63) is 65.5 Å². The molecule has 4 fully saturated rings. The normalized spacial score (nSPS) is 31.5. The molecule has 0 aliphatic heterocycles. The molecule has 4 aliphatic carbocycles. The SMILES string of the molecule is O=C(CC12C[C@@H]3C[C@@H](CC(Br)(C3)C1)C2)Oc1ccc(C(=O)c2ccc(F)cc2)cc1. The summed E-state index contributed by atoms with van der Waals surface area (Å²) in [6, 6.07) is 12.1. The molecule has 30 heavy (non-hydrogen) atoms. The van der Waals surface area contributed by atoms with Crippen molar-refractivity contribution < 1.29 is 18.7 Å². The lowest BCUT2D eigenvalue weighted by molar-refractivity contribution is -0.141. The van der Waals surface area contributed by atoms with E-state index in [0.717, 1.165) is 31.1 Å². The number of alkyl halides is 1. The zero-order valence-corrected chi connectivity index (χ0v) is 18.3. The number of carbonyl (C=O) groups is 2. The minimum absolute atomic E-state index is 0.0726. The highest BCUT2D eigenvalue weighted by molar-refractivity contribution is 9.10. The largest absolute Gasteiger partial charge is 0.427 e. The van der Waals surface area contributed by atoms with Gasteiger partial charge in [-0.3, -0.25) is 9.59 Å². The average Bonchev–Trinajstić information content (AvgIpc) is 2.66. The molecule has 6 rings (SSSR count). The first-order valence-corrected chi connectivity index (χ1v) is 11.4. The van der Waals surface area contributed by atoms with Crippen LogP contribution in [0.4, 0.5) is 4.39 Å². The molecule has 0 N–H and O–H groups in total. The van der Waals surface area contributed by atoms with Crippen LogP contribution in [0.25, 0.3) is 0 Å². The first-order valence-electron chi connectivity index (χ1n) is 10.6. The molecule has 4 bridgehead atoms. The van der Waals surface area contributed by atoms with Crippen LogP contribution in [0.1, 0.15) is 60.9 Å². The van der Waals surface area contributed by atoms with Crippen molar-refractivity contribution in [3.63, 3.8) is 0 Å². The van der Waals surface area contributed by atoms with Crippen molar-refractivity contribution in [3.8, 4) is 5.75 Å². The van der Waals surface area contributed by atoms with Gasteiger partial charge in [0.1, 0.15) is 11.6 Å². The summed E-state index contributed by atoms with van der Waals surface area (Å²) in [7, 11) is 0. The van der Waals surface area contributed by atoms with Crippen molar-refractivity contribution >= 4 is 27.7 Å². The Labute approximate surface area is 184 Å². The Bertz CT molecular complexity index is 968. The molecule has 0 amide bonds. The first-order chi connectivity index (χ1) is 14.3. The number of ketones is 1. The Kier molecular flexibility index (Phi) is 4.85. The van der Waals surface area contributed by atoms with Crippen LogP contribution >= 0.6 is 15.9 Å². The zero-order valence-electron chi connectivity index (χ0n) is 16.7. The number of ether oxygens (including phenoxy) is 1. The molecule has 3 nitrogen and oxygen atoms in total.